The summed E-state index contributed by atoms with van der Waals surface area (Å²) in [6, 6.07) is 35.6. The summed E-state index contributed by atoms with van der Waals surface area (Å²) >= 11 is 0. The van der Waals surface area contributed by atoms with Crippen LogP contribution in [-0.4, -0.2) is 19.9 Å². The summed E-state index contributed by atoms with van der Waals surface area (Å²) in [6.07, 6.45) is 5.06. The monoisotopic (exact) mass is 508 g/mol. The minimum atomic E-state index is 0.639. The van der Waals surface area contributed by atoms with Crippen LogP contribution < -0.4 is 0 Å². The van der Waals surface area contributed by atoms with E-state index >= 15 is 0 Å². The molecule has 0 saturated heterocycles. The van der Waals surface area contributed by atoms with Crippen LogP contribution in [0.3, 0.4) is 0 Å². The van der Waals surface area contributed by atoms with Gasteiger partial charge in [0.15, 0.2) is 17.6 Å². The topological polar surface area (TPSA) is 77.8 Å². The van der Waals surface area contributed by atoms with E-state index in [4.69, 9.17) is 8.83 Å². The fourth-order valence-electron chi connectivity index (χ4n) is 4.34. The summed E-state index contributed by atoms with van der Waals surface area (Å²) in [5.41, 5.74) is 7.72. The first kappa shape index (κ1) is 24.0. The fourth-order valence-corrected chi connectivity index (χ4v) is 4.34. The van der Waals surface area contributed by atoms with Gasteiger partial charge in [-0.1, -0.05) is 54.6 Å². The van der Waals surface area contributed by atoms with Gasteiger partial charge in [0.05, 0.1) is 11.0 Å². The Balaban J connectivity index is 0.000000117. The summed E-state index contributed by atoms with van der Waals surface area (Å²) in [6.45, 7) is 2.10. The largest absolute Gasteiger partial charge is 0.443 e. The van der Waals surface area contributed by atoms with Gasteiger partial charge in [-0.2, -0.15) is 0 Å². The Bertz CT molecular complexity index is 1930. The molecule has 4 aromatic heterocycles. The van der Waals surface area contributed by atoms with Crippen molar-refractivity contribution in [2.45, 2.75) is 6.92 Å². The smallest absolute Gasteiger partial charge is 0.227 e. The highest BCUT2D eigenvalue weighted by Crippen LogP contribution is 2.29. The summed E-state index contributed by atoms with van der Waals surface area (Å²) in [4.78, 5) is 17.1. The second-order valence-corrected chi connectivity index (χ2v) is 8.83. The molecule has 0 aliphatic rings. The van der Waals surface area contributed by atoms with Gasteiger partial charge in [0.1, 0.15) is 11.0 Å². The average molecular weight is 509 g/mol. The Hall–Kier alpha value is -5.36. The minimum absolute atomic E-state index is 0.639. The molecule has 0 amide bonds. The van der Waals surface area contributed by atoms with Gasteiger partial charge in [0.2, 0.25) is 5.89 Å². The lowest BCUT2D eigenvalue weighted by Crippen LogP contribution is -1.82. The van der Waals surface area contributed by atoms with Crippen molar-refractivity contribution in [1.29, 1.82) is 0 Å². The van der Waals surface area contributed by atoms with Crippen LogP contribution in [0.15, 0.2) is 137 Å². The van der Waals surface area contributed by atoms with Gasteiger partial charge in [-0.3, -0.25) is 9.97 Å². The molecule has 4 aromatic carbocycles. The number of fused-ring (bicyclic) bond motifs is 4. The number of nitrogens with zero attached hydrogens (tertiary/aromatic N) is 4. The lowest BCUT2D eigenvalue weighted by molar-refractivity contribution is 0.602. The number of benzene rings is 4. The molecule has 6 nitrogen and oxygen atoms in total. The zero-order chi connectivity index (χ0) is 26.4. The van der Waals surface area contributed by atoms with E-state index in [2.05, 4.69) is 39.0 Å². The van der Waals surface area contributed by atoms with E-state index in [-0.39, 0.29) is 0 Å². The van der Waals surface area contributed by atoms with Gasteiger partial charge >= 0.3 is 0 Å². The molecule has 8 rings (SSSR count). The third kappa shape index (κ3) is 5.22. The van der Waals surface area contributed by atoms with Crippen LogP contribution in [0.4, 0.5) is 0 Å². The van der Waals surface area contributed by atoms with Crippen molar-refractivity contribution >= 4 is 44.0 Å². The van der Waals surface area contributed by atoms with Crippen molar-refractivity contribution in [2.24, 2.45) is 0 Å². The lowest BCUT2D eigenvalue weighted by Gasteiger charge is -2.01. The Morgan fingerprint density at radius 1 is 0.513 bits per heavy atom. The second-order valence-electron chi connectivity index (χ2n) is 8.83. The molecule has 0 aliphatic heterocycles. The summed E-state index contributed by atoms with van der Waals surface area (Å²) in [5, 5.41) is 2.30. The third-order valence-corrected chi connectivity index (χ3v) is 6.27. The highest BCUT2D eigenvalue weighted by atomic mass is 16.3. The molecule has 6 heteroatoms. The van der Waals surface area contributed by atoms with Crippen LogP contribution in [0.1, 0.15) is 5.56 Å². The van der Waals surface area contributed by atoms with Gasteiger partial charge in [-0.25, -0.2) is 9.97 Å². The SMILES string of the molecule is Cc1cccc2ncccc12.c1ccc2oc(-c3cccc4ncccc34)nc2c1.c1ccc2ocnc2c1. The first-order valence-electron chi connectivity index (χ1n) is 12.5. The van der Waals surface area contributed by atoms with Crippen LogP contribution >= 0.6 is 0 Å². The van der Waals surface area contributed by atoms with Crippen molar-refractivity contribution in [3.05, 3.63) is 134 Å². The lowest BCUT2D eigenvalue weighted by atomic mass is 10.1. The molecule has 39 heavy (non-hydrogen) atoms. The number of oxazole rings is 2. The van der Waals surface area contributed by atoms with E-state index in [0.29, 0.717) is 5.89 Å². The number of rotatable bonds is 1. The maximum Gasteiger partial charge on any atom is 0.227 e. The molecule has 4 heterocycles. The highest BCUT2D eigenvalue weighted by Gasteiger charge is 2.10. The standard InChI is InChI=1S/C16H10N2O.C10H9N.C7H5NO/c1-2-9-15-14(7-1)18-16(19-15)12-5-3-8-13-11(12)6-4-10-17-13;1-8-4-2-6-10-9(8)5-3-7-11-10;1-2-4-7-6(3-1)8-5-9-7/h1-10H;2-7H,1H3;1-5H. The molecule has 188 valence electrons. The summed E-state index contributed by atoms with van der Waals surface area (Å²) in [7, 11) is 0. The molecule has 8 aromatic rings. The fraction of sp³-hybridized carbons (Fsp3) is 0.0303. The van der Waals surface area contributed by atoms with E-state index < -0.39 is 0 Å². The van der Waals surface area contributed by atoms with E-state index in [1.165, 1.54) is 17.3 Å². The highest BCUT2D eigenvalue weighted by molar-refractivity contribution is 5.93. The second kappa shape index (κ2) is 10.9. The Kier molecular flexibility index (Phi) is 6.74. The molecule has 0 unspecified atom stereocenters. The Morgan fingerprint density at radius 3 is 1.90 bits per heavy atom. The zero-order valence-electron chi connectivity index (χ0n) is 21.2. The minimum Gasteiger partial charge on any atom is -0.443 e. The normalized spacial score (nSPS) is 10.7. The quantitative estimate of drug-likeness (QED) is 0.221. The molecule has 0 radical (unpaired) electrons. The number of hydrogen-bond donors (Lipinski definition) is 0. The maximum atomic E-state index is 5.82. The number of pyridine rings is 2. The van der Waals surface area contributed by atoms with Crippen molar-refractivity contribution in [2.75, 3.05) is 0 Å². The molecule has 0 bridgehead atoms. The van der Waals surface area contributed by atoms with E-state index in [1.54, 1.807) is 6.20 Å². The summed E-state index contributed by atoms with van der Waals surface area (Å²) < 4.78 is 10.8. The number of para-hydroxylation sites is 4. The van der Waals surface area contributed by atoms with Gasteiger partial charge in [0, 0.05) is 28.7 Å². The molecular weight excluding hydrogens is 484 g/mol. The van der Waals surface area contributed by atoms with E-state index in [0.717, 1.165) is 44.2 Å². The third-order valence-electron chi connectivity index (χ3n) is 6.27. The van der Waals surface area contributed by atoms with Gasteiger partial charge in [0.25, 0.3) is 0 Å². The van der Waals surface area contributed by atoms with Crippen molar-refractivity contribution < 1.29 is 8.83 Å². The Labute approximate surface area is 224 Å². The molecule has 0 aliphatic carbocycles. The van der Waals surface area contributed by atoms with Crippen LogP contribution in [0, 0.1) is 6.92 Å². The predicted octanol–water partition coefficient (Wildman–Crippen LogP) is 8.41. The molecular formula is C33H24N4O2. The van der Waals surface area contributed by atoms with Crippen molar-refractivity contribution in [1.82, 2.24) is 19.9 Å². The first-order valence-corrected chi connectivity index (χ1v) is 12.5. The summed E-state index contributed by atoms with van der Waals surface area (Å²) in [5.74, 6) is 0.639. The van der Waals surface area contributed by atoms with Crippen molar-refractivity contribution in [3.8, 4) is 11.5 Å². The van der Waals surface area contributed by atoms with Crippen LogP contribution in [0.5, 0.6) is 0 Å². The first-order chi connectivity index (χ1) is 19.3. The number of hydrogen-bond acceptors (Lipinski definition) is 6. The molecule has 0 fully saturated rings. The van der Waals surface area contributed by atoms with Crippen LogP contribution in [0.2, 0.25) is 0 Å². The Morgan fingerprint density at radius 2 is 1.15 bits per heavy atom. The average Bonchev–Trinajstić information content (AvgIpc) is 3.65. The van der Waals surface area contributed by atoms with Crippen LogP contribution in [0.25, 0.3) is 55.5 Å². The van der Waals surface area contributed by atoms with Crippen LogP contribution in [-0.2, 0) is 0 Å². The van der Waals surface area contributed by atoms with Gasteiger partial charge < -0.3 is 8.83 Å². The number of aryl methyl sites for hydroxylation is 1. The molecule has 0 spiro atoms. The van der Waals surface area contributed by atoms with Gasteiger partial charge in [-0.05, 0) is 67.1 Å². The van der Waals surface area contributed by atoms with Gasteiger partial charge in [-0.15, -0.1) is 0 Å². The van der Waals surface area contributed by atoms with E-state index in [1.807, 2.05) is 103 Å². The van der Waals surface area contributed by atoms with Crippen molar-refractivity contribution in [3.63, 3.8) is 0 Å². The molecule has 0 N–H and O–H groups in total. The predicted molar refractivity (Wildman–Crippen MR) is 155 cm³/mol. The zero-order valence-corrected chi connectivity index (χ0v) is 21.2. The molecule has 0 saturated carbocycles. The van der Waals surface area contributed by atoms with E-state index in [9.17, 15) is 0 Å². The molecule has 0 atom stereocenters. The number of aromatic nitrogens is 4. The maximum absolute atomic E-state index is 5.82.